The van der Waals surface area contributed by atoms with Crippen molar-refractivity contribution >= 4 is 29.1 Å². The van der Waals surface area contributed by atoms with Crippen LogP contribution >= 0.6 is 0 Å². The highest BCUT2D eigenvalue weighted by Crippen LogP contribution is 2.36. The molecule has 0 spiro atoms. The lowest BCUT2D eigenvalue weighted by atomic mass is 10.1. The van der Waals surface area contributed by atoms with Gasteiger partial charge >= 0.3 is 5.97 Å². The minimum absolute atomic E-state index is 0.0426. The Morgan fingerprint density at radius 1 is 1.21 bits per heavy atom. The van der Waals surface area contributed by atoms with E-state index in [4.69, 9.17) is 0 Å². The van der Waals surface area contributed by atoms with Crippen LogP contribution in [0.5, 0.6) is 5.75 Å². The normalized spacial score (nSPS) is 13.1. The SMILES string of the molecule is Cn1cnc(-c2cccc(Nc3cc(NC(=O)C4CC4)nnc3C(=O)O)c2O)n1. The topological polar surface area (TPSA) is 155 Å². The van der Waals surface area contributed by atoms with Gasteiger partial charge in [-0.05, 0) is 25.0 Å². The van der Waals surface area contributed by atoms with Crippen LogP contribution in [0, 0.1) is 5.92 Å². The van der Waals surface area contributed by atoms with Gasteiger partial charge < -0.3 is 20.8 Å². The number of nitrogens with zero attached hydrogens (tertiary/aromatic N) is 5. The molecule has 11 heteroatoms. The van der Waals surface area contributed by atoms with Crippen LogP contribution in [-0.4, -0.2) is 47.1 Å². The molecule has 1 aliphatic rings. The molecule has 0 unspecified atom stereocenters. The maximum atomic E-state index is 11.9. The van der Waals surface area contributed by atoms with Crippen LogP contribution in [0.2, 0.25) is 0 Å². The van der Waals surface area contributed by atoms with E-state index in [-0.39, 0.29) is 40.5 Å². The molecule has 1 saturated carbocycles. The standard InChI is InChI=1S/C18H17N7O4/c1-25-8-19-16(24-25)10-3-2-4-11(15(10)26)20-12-7-13(21-17(27)9-5-6-9)22-23-14(12)18(28)29/h2-4,7-9,26H,5-6H2,1H3,(H,28,29)(H2,20,21,22,27). The van der Waals surface area contributed by atoms with Crippen molar-refractivity contribution in [3.63, 3.8) is 0 Å². The smallest absolute Gasteiger partial charge is 0.358 e. The number of phenolic OH excluding ortho intramolecular Hbond substituents is 1. The second-order valence-corrected chi connectivity index (χ2v) is 6.63. The molecule has 1 amide bonds. The monoisotopic (exact) mass is 395 g/mol. The van der Waals surface area contributed by atoms with Gasteiger partial charge in [0.1, 0.15) is 12.1 Å². The number of carbonyl (C=O) groups is 2. The summed E-state index contributed by atoms with van der Waals surface area (Å²) < 4.78 is 1.50. The van der Waals surface area contributed by atoms with Crippen molar-refractivity contribution in [1.82, 2.24) is 25.0 Å². The Labute approximate surface area is 164 Å². The van der Waals surface area contributed by atoms with Gasteiger partial charge in [-0.3, -0.25) is 9.48 Å². The lowest BCUT2D eigenvalue weighted by Gasteiger charge is -2.13. The van der Waals surface area contributed by atoms with E-state index in [1.807, 2.05) is 0 Å². The number of aromatic carboxylic acids is 1. The number of amides is 1. The molecule has 4 N–H and O–H groups in total. The van der Waals surface area contributed by atoms with E-state index < -0.39 is 5.97 Å². The van der Waals surface area contributed by atoms with Gasteiger partial charge in [0, 0.05) is 19.0 Å². The molecule has 0 bridgehead atoms. The Kier molecular flexibility index (Phi) is 4.55. The van der Waals surface area contributed by atoms with Crippen LogP contribution in [0.1, 0.15) is 23.3 Å². The van der Waals surface area contributed by atoms with E-state index in [9.17, 15) is 19.8 Å². The van der Waals surface area contributed by atoms with Crippen LogP contribution < -0.4 is 10.6 Å². The summed E-state index contributed by atoms with van der Waals surface area (Å²) in [6, 6.07) is 6.23. The summed E-state index contributed by atoms with van der Waals surface area (Å²) in [5.74, 6) is -1.25. The molecule has 29 heavy (non-hydrogen) atoms. The zero-order valence-corrected chi connectivity index (χ0v) is 15.3. The first-order valence-corrected chi connectivity index (χ1v) is 8.79. The predicted molar refractivity (Wildman–Crippen MR) is 102 cm³/mol. The van der Waals surface area contributed by atoms with Gasteiger partial charge in [-0.1, -0.05) is 6.07 Å². The quantitative estimate of drug-likeness (QED) is 0.457. The number of nitrogens with one attached hydrogen (secondary N) is 2. The predicted octanol–water partition coefficient (Wildman–Crippen LogP) is 1.77. The molecule has 1 aromatic carbocycles. The van der Waals surface area contributed by atoms with E-state index in [2.05, 4.69) is 30.9 Å². The minimum Gasteiger partial charge on any atom is -0.505 e. The zero-order chi connectivity index (χ0) is 20.5. The van der Waals surface area contributed by atoms with Gasteiger partial charge in [0.25, 0.3) is 0 Å². The maximum absolute atomic E-state index is 11.9. The van der Waals surface area contributed by atoms with Crippen LogP contribution in [0.3, 0.4) is 0 Å². The van der Waals surface area contributed by atoms with Gasteiger partial charge in [-0.15, -0.1) is 10.2 Å². The van der Waals surface area contributed by atoms with Crippen molar-refractivity contribution in [2.75, 3.05) is 10.6 Å². The van der Waals surface area contributed by atoms with E-state index >= 15 is 0 Å². The van der Waals surface area contributed by atoms with E-state index in [0.29, 0.717) is 11.4 Å². The molecule has 1 aliphatic carbocycles. The first-order valence-electron chi connectivity index (χ1n) is 8.79. The number of phenols is 1. The Hall–Kier alpha value is -4.02. The highest BCUT2D eigenvalue weighted by molar-refractivity contribution is 5.96. The number of aromatic hydroxyl groups is 1. The summed E-state index contributed by atoms with van der Waals surface area (Å²) in [6.45, 7) is 0. The number of carboxylic acid groups (broad SMARTS) is 1. The molecule has 1 fully saturated rings. The summed E-state index contributed by atoms with van der Waals surface area (Å²) in [5.41, 5.74) is 0.317. The Morgan fingerprint density at radius 3 is 2.66 bits per heavy atom. The fraction of sp³-hybridized carbons (Fsp3) is 0.222. The van der Waals surface area contributed by atoms with Crippen LogP contribution in [0.4, 0.5) is 17.2 Å². The number of aromatic nitrogens is 5. The van der Waals surface area contributed by atoms with Crippen LogP contribution in [0.25, 0.3) is 11.4 Å². The maximum Gasteiger partial charge on any atom is 0.358 e. The van der Waals surface area contributed by atoms with E-state index in [0.717, 1.165) is 12.8 Å². The highest BCUT2D eigenvalue weighted by atomic mass is 16.4. The number of benzene rings is 1. The largest absolute Gasteiger partial charge is 0.505 e. The molecule has 2 heterocycles. The second kappa shape index (κ2) is 7.19. The van der Waals surface area contributed by atoms with Crippen molar-refractivity contribution in [3.05, 3.63) is 36.3 Å². The van der Waals surface area contributed by atoms with Crippen LogP contribution in [0.15, 0.2) is 30.6 Å². The third-order valence-electron chi connectivity index (χ3n) is 4.34. The average Bonchev–Trinajstić information content (AvgIpc) is 3.45. The molecule has 3 aromatic rings. The minimum atomic E-state index is -1.30. The number of hydrogen-bond donors (Lipinski definition) is 4. The Balaban J connectivity index is 1.67. The molecule has 148 valence electrons. The number of hydrogen-bond acceptors (Lipinski definition) is 8. The zero-order valence-electron chi connectivity index (χ0n) is 15.3. The van der Waals surface area contributed by atoms with Gasteiger partial charge in [0.15, 0.2) is 17.3 Å². The Morgan fingerprint density at radius 2 is 2.00 bits per heavy atom. The third kappa shape index (κ3) is 3.83. The first-order chi connectivity index (χ1) is 13.9. The number of aryl methyl sites for hydroxylation is 1. The summed E-state index contributed by atoms with van der Waals surface area (Å²) in [5, 5.41) is 37.1. The molecule has 0 radical (unpaired) electrons. The lowest BCUT2D eigenvalue weighted by molar-refractivity contribution is -0.117. The van der Waals surface area contributed by atoms with Gasteiger partial charge in [-0.25, -0.2) is 9.78 Å². The van der Waals surface area contributed by atoms with E-state index in [1.54, 1.807) is 25.2 Å². The molecule has 11 nitrogen and oxygen atoms in total. The van der Waals surface area contributed by atoms with Gasteiger partial charge in [0.2, 0.25) is 5.91 Å². The number of carboxylic acids is 1. The third-order valence-corrected chi connectivity index (χ3v) is 4.34. The average molecular weight is 395 g/mol. The molecular weight excluding hydrogens is 378 g/mol. The number of rotatable bonds is 6. The molecule has 0 saturated heterocycles. The number of carbonyl (C=O) groups excluding carboxylic acids is 1. The summed E-state index contributed by atoms with van der Waals surface area (Å²) in [4.78, 5) is 27.6. The van der Waals surface area contributed by atoms with Crippen molar-refractivity contribution in [1.29, 1.82) is 0 Å². The van der Waals surface area contributed by atoms with Crippen molar-refractivity contribution in [2.24, 2.45) is 13.0 Å². The summed E-state index contributed by atoms with van der Waals surface area (Å²) >= 11 is 0. The van der Waals surface area contributed by atoms with Gasteiger partial charge in [0.05, 0.1) is 16.9 Å². The summed E-state index contributed by atoms with van der Waals surface area (Å²) in [6.07, 6.45) is 3.14. The van der Waals surface area contributed by atoms with E-state index in [1.165, 1.54) is 17.1 Å². The highest BCUT2D eigenvalue weighted by Gasteiger charge is 2.30. The molecular formula is C18H17N7O4. The molecule has 4 rings (SSSR count). The fourth-order valence-electron chi connectivity index (χ4n) is 2.71. The molecule has 0 atom stereocenters. The number of anilines is 3. The van der Waals surface area contributed by atoms with Gasteiger partial charge in [-0.2, -0.15) is 5.10 Å². The van der Waals surface area contributed by atoms with Crippen molar-refractivity contribution in [3.8, 4) is 17.1 Å². The molecule has 0 aliphatic heterocycles. The lowest BCUT2D eigenvalue weighted by Crippen LogP contribution is -2.16. The number of para-hydroxylation sites is 1. The second-order valence-electron chi connectivity index (χ2n) is 6.63. The Bertz CT molecular complexity index is 1110. The first kappa shape index (κ1) is 18.3. The fourth-order valence-corrected chi connectivity index (χ4v) is 2.71. The summed E-state index contributed by atoms with van der Waals surface area (Å²) in [7, 11) is 1.70. The van der Waals surface area contributed by atoms with Crippen molar-refractivity contribution in [2.45, 2.75) is 12.8 Å². The molecule has 2 aromatic heterocycles. The van der Waals surface area contributed by atoms with Crippen LogP contribution in [-0.2, 0) is 11.8 Å². The van der Waals surface area contributed by atoms with Crippen molar-refractivity contribution < 1.29 is 19.8 Å².